The van der Waals surface area contributed by atoms with Crippen molar-refractivity contribution in [3.05, 3.63) is 12.0 Å². The molecule has 0 spiro atoms. The average Bonchev–Trinajstić information content (AvgIpc) is 2.13. The molecule has 1 aliphatic rings. The van der Waals surface area contributed by atoms with Gasteiger partial charge >= 0.3 is 0 Å². The Bertz CT molecular complexity index is 163. The van der Waals surface area contributed by atoms with Gasteiger partial charge < -0.3 is 10.1 Å². The average molecular weight is 141 g/mol. The van der Waals surface area contributed by atoms with Crippen molar-refractivity contribution < 1.29 is 4.74 Å². The number of allylic oxidation sites excluding steroid dienone is 1. The summed E-state index contributed by atoms with van der Waals surface area (Å²) in [5.74, 6) is 1.46. The first-order valence-corrected chi connectivity index (χ1v) is 3.68. The van der Waals surface area contributed by atoms with Crippen molar-refractivity contribution in [2.45, 2.75) is 33.4 Å². The Balaban J connectivity index is 2.61. The standard InChI is InChI=1S/C8H15NO/c1-6(2)8(4)9-5-7(3)10-8/h5-6,9H,1-4H3. The zero-order valence-corrected chi connectivity index (χ0v) is 7.06. The van der Waals surface area contributed by atoms with E-state index in [-0.39, 0.29) is 5.72 Å². The van der Waals surface area contributed by atoms with E-state index in [0.717, 1.165) is 5.76 Å². The molecular weight excluding hydrogens is 126 g/mol. The molecule has 1 N–H and O–H groups in total. The summed E-state index contributed by atoms with van der Waals surface area (Å²) in [6.07, 6.45) is 1.92. The molecule has 10 heavy (non-hydrogen) atoms. The smallest absolute Gasteiger partial charge is 0.179 e. The maximum Gasteiger partial charge on any atom is 0.179 e. The Labute approximate surface area is 62.3 Å². The molecule has 1 unspecified atom stereocenters. The molecule has 0 aromatic carbocycles. The number of ether oxygens (including phenoxy) is 1. The number of hydrogen-bond donors (Lipinski definition) is 1. The lowest BCUT2D eigenvalue weighted by Crippen LogP contribution is -2.42. The molecule has 0 aliphatic carbocycles. The molecule has 1 rings (SSSR count). The molecule has 0 saturated heterocycles. The summed E-state index contributed by atoms with van der Waals surface area (Å²) in [5.41, 5.74) is -0.177. The SMILES string of the molecule is CC1=CNC(C)(C(C)C)O1. The first-order valence-electron chi connectivity index (χ1n) is 3.68. The van der Waals surface area contributed by atoms with Crippen molar-refractivity contribution in [1.29, 1.82) is 0 Å². The lowest BCUT2D eigenvalue weighted by atomic mass is 10.0. The van der Waals surface area contributed by atoms with Crippen molar-refractivity contribution in [2.24, 2.45) is 5.92 Å². The highest BCUT2D eigenvalue weighted by Gasteiger charge is 2.32. The fraction of sp³-hybridized carbons (Fsp3) is 0.750. The van der Waals surface area contributed by atoms with Gasteiger partial charge in [0.15, 0.2) is 5.72 Å². The van der Waals surface area contributed by atoms with Crippen LogP contribution in [0.4, 0.5) is 0 Å². The molecule has 0 radical (unpaired) electrons. The van der Waals surface area contributed by atoms with Crippen LogP contribution >= 0.6 is 0 Å². The molecule has 1 aliphatic heterocycles. The molecular formula is C8H15NO. The second-order valence-electron chi connectivity index (χ2n) is 3.26. The molecule has 0 aromatic rings. The Morgan fingerprint density at radius 3 is 2.40 bits per heavy atom. The minimum Gasteiger partial charge on any atom is -0.471 e. The predicted molar refractivity (Wildman–Crippen MR) is 41.2 cm³/mol. The monoisotopic (exact) mass is 141 g/mol. The Morgan fingerprint density at radius 1 is 1.60 bits per heavy atom. The fourth-order valence-electron chi connectivity index (χ4n) is 0.923. The second kappa shape index (κ2) is 2.19. The van der Waals surface area contributed by atoms with Crippen LogP contribution in [0.15, 0.2) is 12.0 Å². The summed E-state index contributed by atoms with van der Waals surface area (Å²) in [7, 11) is 0. The minimum absolute atomic E-state index is 0.177. The van der Waals surface area contributed by atoms with E-state index in [1.807, 2.05) is 13.1 Å². The molecule has 0 fully saturated rings. The molecule has 2 nitrogen and oxygen atoms in total. The van der Waals surface area contributed by atoms with Crippen LogP contribution in [0.1, 0.15) is 27.7 Å². The summed E-state index contributed by atoms with van der Waals surface area (Å²) in [5, 5.41) is 3.20. The molecule has 0 bridgehead atoms. The van der Waals surface area contributed by atoms with Gasteiger partial charge in [-0.3, -0.25) is 0 Å². The van der Waals surface area contributed by atoms with Gasteiger partial charge in [0.05, 0.1) is 0 Å². The van der Waals surface area contributed by atoms with Gasteiger partial charge in [-0.2, -0.15) is 0 Å². The summed E-state index contributed by atoms with van der Waals surface area (Å²) in [6, 6.07) is 0. The summed E-state index contributed by atoms with van der Waals surface area (Å²) >= 11 is 0. The molecule has 0 amide bonds. The maximum absolute atomic E-state index is 5.56. The van der Waals surface area contributed by atoms with Crippen LogP contribution in [0.3, 0.4) is 0 Å². The maximum atomic E-state index is 5.56. The third-order valence-corrected chi connectivity index (χ3v) is 2.04. The van der Waals surface area contributed by atoms with E-state index in [1.165, 1.54) is 0 Å². The van der Waals surface area contributed by atoms with E-state index < -0.39 is 0 Å². The lowest BCUT2D eigenvalue weighted by molar-refractivity contribution is -0.0148. The molecule has 1 heterocycles. The van der Waals surface area contributed by atoms with Gasteiger partial charge in [-0.15, -0.1) is 0 Å². The van der Waals surface area contributed by atoms with Crippen molar-refractivity contribution >= 4 is 0 Å². The van der Waals surface area contributed by atoms with E-state index >= 15 is 0 Å². The van der Waals surface area contributed by atoms with E-state index in [4.69, 9.17) is 4.74 Å². The second-order valence-corrected chi connectivity index (χ2v) is 3.26. The van der Waals surface area contributed by atoms with Crippen molar-refractivity contribution in [3.8, 4) is 0 Å². The van der Waals surface area contributed by atoms with E-state index in [1.54, 1.807) is 0 Å². The molecule has 2 heteroatoms. The normalized spacial score (nSPS) is 31.5. The van der Waals surface area contributed by atoms with Crippen LogP contribution in [0, 0.1) is 5.92 Å². The highest BCUT2D eigenvalue weighted by Crippen LogP contribution is 2.25. The molecule has 0 saturated carbocycles. The van der Waals surface area contributed by atoms with Crippen LogP contribution in [0.25, 0.3) is 0 Å². The lowest BCUT2D eigenvalue weighted by Gasteiger charge is -2.29. The van der Waals surface area contributed by atoms with E-state index in [0.29, 0.717) is 5.92 Å². The first kappa shape index (κ1) is 7.45. The number of nitrogens with one attached hydrogen (secondary N) is 1. The summed E-state index contributed by atoms with van der Waals surface area (Å²) < 4.78 is 5.56. The first-order chi connectivity index (χ1) is 4.54. The Hall–Kier alpha value is -0.660. The van der Waals surface area contributed by atoms with Gasteiger partial charge in [0.1, 0.15) is 5.76 Å². The van der Waals surface area contributed by atoms with E-state index in [2.05, 4.69) is 26.1 Å². The predicted octanol–water partition coefficient (Wildman–Crippen LogP) is 1.84. The van der Waals surface area contributed by atoms with Crippen LogP contribution in [-0.2, 0) is 4.74 Å². The number of rotatable bonds is 1. The zero-order chi connectivity index (χ0) is 7.78. The van der Waals surface area contributed by atoms with Crippen molar-refractivity contribution in [2.75, 3.05) is 0 Å². The molecule has 0 aromatic heterocycles. The van der Waals surface area contributed by atoms with E-state index in [9.17, 15) is 0 Å². The minimum atomic E-state index is -0.177. The highest BCUT2D eigenvalue weighted by atomic mass is 16.5. The van der Waals surface area contributed by atoms with Gasteiger partial charge in [0.25, 0.3) is 0 Å². The Morgan fingerprint density at radius 2 is 2.20 bits per heavy atom. The molecule has 58 valence electrons. The Kier molecular flexibility index (Phi) is 1.63. The highest BCUT2D eigenvalue weighted by molar-refractivity contribution is 5.00. The van der Waals surface area contributed by atoms with Crippen LogP contribution < -0.4 is 5.32 Å². The quantitative estimate of drug-likeness (QED) is 0.601. The van der Waals surface area contributed by atoms with Crippen molar-refractivity contribution in [1.82, 2.24) is 5.32 Å². The number of hydrogen-bond acceptors (Lipinski definition) is 2. The summed E-state index contributed by atoms with van der Waals surface area (Å²) in [6.45, 7) is 8.30. The summed E-state index contributed by atoms with van der Waals surface area (Å²) in [4.78, 5) is 0. The van der Waals surface area contributed by atoms with Crippen molar-refractivity contribution in [3.63, 3.8) is 0 Å². The van der Waals surface area contributed by atoms with Gasteiger partial charge in [-0.1, -0.05) is 13.8 Å². The van der Waals surface area contributed by atoms with Gasteiger partial charge in [-0.05, 0) is 13.8 Å². The van der Waals surface area contributed by atoms with Crippen LogP contribution in [-0.4, -0.2) is 5.72 Å². The third-order valence-electron chi connectivity index (χ3n) is 2.04. The fourth-order valence-corrected chi connectivity index (χ4v) is 0.923. The molecule has 1 atom stereocenters. The van der Waals surface area contributed by atoms with Gasteiger partial charge in [0, 0.05) is 12.1 Å². The topological polar surface area (TPSA) is 21.3 Å². The van der Waals surface area contributed by atoms with Gasteiger partial charge in [-0.25, -0.2) is 0 Å². The zero-order valence-electron chi connectivity index (χ0n) is 7.06. The van der Waals surface area contributed by atoms with Crippen LogP contribution in [0.2, 0.25) is 0 Å². The van der Waals surface area contributed by atoms with Crippen LogP contribution in [0.5, 0.6) is 0 Å². The van der Waals surface area contributed by atoms with Gasteiger partial charge in [0.2, 0.25) is 0 Å². The largest absolute Gasteiger partial charge is 0.471 e. The third kappa shape index (κ3) is 1.11.